The summed E-state index contributed by atoms with van der Waals surface area (Å²) in [5.74, 6) is 1.31. The van der Waals surface area contributed by atoms with E-state index in [0.717, 1.165) is 25.9 Å². The number of aromatic amines is 1. The van der Waals surface area contributed by atoms with Crippen molar-refractivity contribution < 1.29 is 14.7 Å². The van der Waals surface area contributed by atoms with Crippen LogP contribution in [0.1, 0.15) is 31.5 Å². The fourth-order valence-electron chi connectivity index (χ4n) is 4.11. The first kappa shape index (κ1) is 22.8. The van der Waals surface area contributed by atoms with Gasteiger partial charge in [0, 0.05) is 24.4 Å². The standard InChI is InChI=1S/C19H28N8O.CH2O2/c1-26-8-4-15(5-9-26)27-10-2-14(3-11-27)19(28)22-13-17-23-18(25-24-17)16-12-20-6-7-21-16;2-1-3/h6-7,12,14-15H,2-5,8-11,13H2,1H3,(H,22,28)(H,23,24,25);1H,(H,2,3). The Bertz CT molecular complexity index is 815. The molecule has 4 rings (SSSR count). The summed E-state index contributed by atoms with van der Waals surface area (Å²) in [6.07, 6.45) is 9.17. The van der Waals surface area contributed by atoms with Crippen LogP contribution in [0.2, 0.25) is 0 Å². The Hall–Kier alpha value is -2.92. The summed E-state index contributed by atoms with van der Waals surface area (Å²) in [6.45, 7) is 4.50. The molecule has 0 saturated carbocycles. The van der Waals surface area contributed by atoms with Crippen molar-refractivity contribution in [2.75, 3.05) is 33.2 Å². The number of carbonyl (C=O) groups is 2. The van der Waals surface area contributed by atoms with Gasteiger partial charge in [0.1, 0.15) is 11.5 Å². The zero-order valence-electron chi connectivity index (χ0n) is 17.8. The minimum absolute atomic E-state index is 0.0879. The number of rotatable bonds is 5. The number of amides is 1. The molecule has 0 bridgehead atoms. The molecule has 0 atom stereocenters. The van der Waals surface area contributed by atoms with Crippen molar-refractivity contribution >= 4 is 12.4 Å². The first-order valence-corrected chi connectivity index (χ1v) is 10.6. The van der Waals surface area contributed by atoms with Crippen LogP contribution in [0.5, 0.6) is 0 Å². The van der Waals surface area contributed by atoms with Crippen LogP contribution in [0.4, 0.5) is 0 Å². The summed E-state index contributed by atoms with van der Waals surface area (Å²) in [7, 11) is 2.19. The molecule has 1 amide bonds. The minimum atomic E-state index is -0.250. The maximum absolute atomic E-state index is 12.6. The molecular formula is C20H30N8O3. The molecule has 2 aromatic heterocycles. The Balaban J connectivity index is 0.000000858. The summed E-state index contributed by atoms with van der Waals surface area (Å²) < 4.78 is 0. The van der Waals surface area contributed by atoms with Crippen molar-refractivity contribution in [2.45, 2.75) is 38.3 Å². The Morgan fingerprint density at radius 1 is 1.23 bits per heavy atom. The van der Waals surface area contributed by atoms with Gasteiger partial charge in [-0.1, -0.05) is 0 Å². The van der Waals surface area contributed by atoms with Gasteiger partial charge in [-0.2, -0.15) is 5.10 Å². The van der Waals surface area contributed by atoms with Crippen LogP contribution in [-0.2, 0) is 16.1 Å². The third kappa shape index (κ3) is 6.53. The van der Waals surface area contributed by atoms with Crippen LogP contribution in [0.3, 0.4) is 0 Å². The van der Waals surface area contributed by atoms with Gasteiger partial charge in [-0.25, -0.2) is 9.97 Å². The number of aromatic nitrogens is 5. The molecule has 11 heteroatoms. The molecule has 11 nitrogen and oxygen atoms in total. The van der Waals surface area contributed by atoms with Crippen molar-refractivity contribution in [3.8, 4) is 11.5 Å². The average Bonchev–Trinajstić information content (AvgIpc) is 3.28. The van der Waals surface area contributed by atoms with E-state index in [9.17, 15) is 4.79 Å². The molecule has 2 aliphatic heterocycles. The molecule has 0 radical (unpaired) electrons. The van der Waals surface area contributed by atoms with Crippen LogP contribution in [0.25, 0.3) is 11.5 Å². The summed E-state index contributed by atoms with van der Waals surface area (Å²) in [4.78, 5) is 38.5. The lowest BCUT2D eigenvalue weighted by atomic mass is 9.93. The topological polar surface area (TPSA) is 140 Å². The number of carboxylic acid groups (broad SMARTS) is 1. The fourth-order valence-corrected chi connectivity index (χ4v) is 4.11. The second kappa shape index (κ2) is 11.5. The zero-order valence-corrected chi connectivity index (χ0v) is 17.8. The summed E-state index contributed by atoms with van der Waals surface area (Å²) in [5.41, 5.74) is 0.609. The van der Waals surface area contributed by atoms with Crippen LogP contribution >= 0.6 is 0 Å². The largest absolute Gasteiger partial charge is 0.483 e. The van der Waals surface area contributed by atoms with Crippen LogP contribution in [0, 0.1) is 5.92 Å². The molecular weight excluding hydrogens is 400 g/mol. The number of hydrogen-bond donors (Lipinski definition) is 3. The maximum Gasteiger partial charge on any atom is 0.290 e. The van der Waals surface area contributed by atoms with Gasteiger partial charge >= 0.3 is 0 Å². The van der Waals surface area contributed by atoms with E-state index in [1.165, 1.54) is 25.9 Å². The predicted molar refractivity (Wildman–Crippen MR) is 113 cm³/mol. The highest BCUT2D eigenvalue weighted by Crippen LogP contribution is 2.23. The lowest BCUT2D eigenvalue weighted by Gasteiger charge is -2.40. The Morgan fingerprint density at radius 3 is 2.58 bits per heavy atom. The van der Waals surface area contributed by atoms with Gasteiger partial charge < -0.3 is 20.2 Å². The summed E-state index contributed by atoms with van der Waals surface area (Å²) in [5, 5.41) is 16.9. The third-order valence-electron chi connectivity index (χ3n) is 5.86. The van der Waals surface area contributed by atoms with Crippen molar-refractivity contribution in [3.63, 3.8) is 0 Å². The molecule has 2 fully saturated rings. The molecule has 31 heavy (non-hydrogen) atoms. The van der Waals surface area contributed by atoms with Crippen molar-refractivity contribution in [1.29, 1.82) is 0 Å². The molecule has 2 aliphatic rings. The average molecular weight is 431 g/mol. The van der Waals surface area contributed by atoms with Gasteiger partial charge in [0.15, 0.2) is 0 Å². The van der Waals surface area contributed by atoms with E-state index in [4.69, 9.17) is 9.90 Å². The maximum atomic E-state index is 12.6. The molecule has 0 aromatic carbocycles. The third-order valence-corrected chi connectivity index (χ3v) is 5.86. The van der Waals surface area contributed by atoms with Gasteiger partial charge in [-0.05, 0) is 58.9 Å². The molecule has 0 aliphatic carbocycles. The van der Waals surface area contributed by atoms with Crippen LogP contribution in [-0.4, -0.2) is 91.7 Å². The number of hydrogen-bond acceptors (Lipinski definition) is 8. The second-order valence-electron chi connectivity index (χ2n) is 7.86. The lowest BCUT2D eigenvalue weighted by molar-refractivity contribution is -0.127. The Morgan fingerprint density at radius 2 is 1.94 bits per heavy atom. The summed E-state index contributed by atoms with van der Waals surface area (Å²) >= 11 is 0. The Labute approximate surface area is 181 Å². The predicted octanol–water partition coefficient (Wildman–Crippen LogP) is 0.385. The quantitative estimate of drug-likeness (QED) is 0.574. The van der Waals surface area contributed by atoms with Crippen molar-refractivity contribution in [3.05, 3.63) is 24.4 Å². The lowest BCUT2D eigenvalue weighted by Crippen LogP contribution is -2.48. The van der Waals surface area contributed by atoms with E-state index in [1.54, 1.807) is 18.6 Å². The van der Waals surface area contributed by atoms with Crippen molar-refractivity contribution in [2.24, 2.45) is 5.92 Å². The minimum Gasteiger partial charge on any atom is -0.483 e. The highest BCUT2D eigenvalue weighted by molar-refractivity contribution is 5.78. The highest BCUT2D eigenvalue weighted by Gasteiger charge is 2.30. The van der Waals surface area contributed by atoms with E-state index in [0.29, 0.717) is 29.9 Å². The van der Waals surface area contributed by atoms with E-state index >= 15 is 0 Å². The molecule has 168 valence electrons. The van der Waals surface area contributed by atoms with Gasteiger partial charge in [0.2, 0.25) is 11.7 Å². The molecule has 0 spiro atoms. The smallest absolute Gasteiger partial charge is 0.290 e. The van der Waals surface area contributed by atoms with Gasteiger partial charge in [-0.15, -0.1) is 0 Å². The van der Waals surface area contributed by atoms with Crippen LogP contribution < -0.4 is 5.32 Å². The molecule has 4 heterocycles. The van der Waals surface area contributed by atoms with Crippen molar-refractivity contribution in [1.82, 2.24) is 40.3 Å². The number of nitrogens with zero attached hydrogens (tertiary/aromatic N) is 6. The monoisotopic (exact) mass is 430 g/mol. The Kier molecular flexibility index (Phi) is 8.42. The first-order valence-electron chi connectivity index (χ1n) is 10.6. The van der Waals surface area contributed by atoms with E-state index in [1.807, 2.05) is 0 Å². The van der Waals surface area contributed by atoms with Gasteiger partial charge in [-0.3, -0.25) is 19.7 Å². The molecule has 0 unspecified atom stereocenters. The second-order valence-corrected chi connectivity index (χ2v) is 7.86. The number of H-pyrrole nitrogens is 1. The fraction of sp³-hybridized carbons (Fsp3) is 0.600. The number of carbonyl (C=O) groups excluding carboxylic acids is 1. The number of piperidine rings is 2. The van der Waals surface area contributed by atoms with E-state index in [2.05, 4.69) is 47.3 Å². The van der Waals surface area contributed by atoms with Gasteiger partial charge in [0.05, 0.1) is 12.7 Å². The number of likely N-dealkylation sites (tertiary alicyclic amines) is 2. The molecule has 3 N–H and O–H groups in total. The summed E-state index contributed by atoms with van der Waals surface area (Å²) in [6, 6.07) is 0.689. The SMILES string of the molecule is CN1CCC(N2CCC(C(=O)NCc3nc(-c4cnccn4)n[nH]3)CC2)CC1.O=CO. The highest BCUT2D eigenvalue weighted by atomic mass is 16.3. The molecule has 2 saturated heterocycles. The van der Waals surface area contributed by atoms with E-state index < -0.39 is 0 Å². The molecule has 2 aromatic rings. The number of nitrogens with one attached hydrogen (secondary N) is 2. The van der Waals surface area contributed by atoms with Gasteiger partial charge in [0.25, 0.3) is 6.47 Å². The zero-order chi connectivity index (χ0) is 22.1. The van der Waals surface area contributed by atoms with Crippen LogP contribution in [0.15, 0.2) is 18.6 Å². The normalized spacial score (nSPS) is 18.7. The first-order chi connectivity index (χ1) is 15.1. The van der Waals surface area contributed by atoms with E-state index in [-0.39, 0.29) is 18.3 Å².